The van der Waals surface area contributed by atoms with Crippen LogP contribution in [0.3, 0.4) is 0 Å². The van der Waals surface area contributed by atoms with Crippen molar-refractivity contribution in [2.75, 3.05) is 0 Å². The highest BCUT2D eigenvalue weighted by Gasteiger charge is 2.40. The largest absolute Gasteiger partial charge is 0.412 e. The van der Waals surface area contributed by atoms with E-state index in [4.69, 9.17) is 0 Å². The average molecular weight is 266 g/mol. The molecule has 0 amide bonds. The molecule has 2 nitrogen and oxygen atoms in total. The first-order chi connectivity index (χ1) is 7.58. The predicted octanol–water partition coefficient (Wildman–Crippen LogP) is 2.89. The van der Waals surface area contributed by atoms with Crippen molar-refractivity contribution in [2.45, 2.75) is 64.7 Å². The van der Waals surface area contributed by atoms with Gasteiger partial charge >= 0.3 is 0 Å². The quantitative estimate of drug-likeness (QED) is 0.700. The van der Waals surface area contributed by atoms with Gasteiger partial charge in [0.05, 0.1) is 0 Å². The Hall–Kier alpha value is -0.220. The molecule has 0 aromatic carbocycles. The Labute approximate surface area is 109 Å². The molecule has 0 aromatic heterocycles. The van der Waals surface area contributed by atoms with E-state index >= 15 is 0 Å². The van der Waals surface area contributed by atoms with E-state index in [9.17, 15) is 8.78 Å². The van der Waals surface area contributed by atoms with Crippen molar-refractivity contribution in [1.29, 1.82) is 0 Å². The van der Waals surface area contributed by atoms with Gasteiger partial charge in [0.1, 0.15) is 12.3 Å². The lowest BCUT2D eigenvalue weighted by atomic mass is 9.68. The van der Waals surface area contributed by atoms with Crippen LogP contribution in [0.2, 0.25) is 0 Å². The summed E-state index contributed by atoms with van der Waals surface area (Å²) >= 11 is 0. The van der Waals surface area contributed by atoms with Gasteiger partial charge in [0, 0.05) is 0 Å². The molecule has 4 N–H and O–H groups in total. The molecule has 2 saturated carbocycles. The lowest BCUT2D eigenvalue weighted by molar-refractivity contribution is 0.0156. The minimum Gasteiger partial charge on any atom is -0.412 e. The maximum Gasteiger partial charge on any atom is 0.104 e. The Kier molecular flexibility index (Phi) is 7.30. The number of hydrogen-bond acceptors (Lipinski definition) is 0. The molecule has 110 valence electrons. The third-order valence-electron chi connectivity index (χ3n) is 4.72. The molecular formula is C14H28F2O2. The van der Waals surface area contributed by atoms with Gasteiger partial charge in [-0.3, -0.25) is 0 Å². The standard InChI is InChI=1S/C14H24F2.2H2O/c1-9-3-5-11(13(15)7-9)12-6-4-10(2)8-14(12)16;;/h9-14H,3-8H2,1-2H3;2*1H2. The molecule has 0 bridgehead atoms. The highest BCUT2D eigenvalue weighted by molar-refractivity contribution is 4.89. The van der Waals surface area contributed by atoms with E-state index in [0.717, 1.165) is 25.7 Å². The van der Waals surface area contributed by atoms with Crippen molar-refractivity contribution < 1.29 is 19.7 Å². The second-order valence-electron chi connectivity index (χ2n) is 6.20. The van der Waals surface area contributed by atoms with Gasteiger partial charge in [0.25, 0.3) is 0 Å². The van der Waals surface area contributed by atoms with Gasteiger partial charge in [-0.1, -0.05) is 26.7 Å². The second-order valence-corrected chi connectivity index (χ2v) is 6.20. The van der Waals surface area contributed by atoms with Crippen LogP contribution in [0.4, 0.5) is 8.78 Å². The number of halogens is 2. The summed E-state index contributed by atoms with van der Waals surface area (Å²) in [5.74, 6) is 1.01. The molecule has 6 atom stereocenters. The van der Waals surface area contributed by atoms with Gasteiger partial charge in [0.2, 0.25) is 0 Å². The molecule has 0 radical (unpaired) electrons. The van der Waals surface area contributed by atoms with Crippen LogP contribution in [0.1, 0.15) is 52.4 Å². The minimum absolute atomic E-state index is 0. The summed E-state index contributed by atoms with van der Waals surface area (Å²) in [7, 11) is 0. The predicted molar refractivity (Wildman–Crippen MR) is 70.0 cm³/mol. The fourth-order valence-corrected chi connectivity index (χ4v) is 3.63. The maximum absolute atomic E-state index is 14.0. The molecule has 4 heteroatoms. The smallest absolute Gasteiger partial charge is 0.104 e. The summed E-state index contributed by atoms with van der Waals surface area (Å²) in [4.78, 5) is 0. The monoisotopic (exact) mass is 266 g/mol. The van der Waals surface area contributed by atoms with E-state index in [2.05, 4.69) is 13.8 Å². The Balaban J connectivity index is 0.00000144. The first-order valence-corrected chi connectivity index (χ1v) is 6.86. The third-order valence-corrected chi connectivity index (χ3v) is 4.72. The van der Waals surface area contributed by atoms with Crippen LogP contribution in [-0.4, -0.2) is 23.3 Å². The van der Waals surface area contributed by atoms with Gasteiger partial charge in [-0.05, 0) is 49.4 Å². The fraction of sp³-hybridized carbons (Fsp3) is 1.00. The van der Waals surface area contributed by atoms with Crippen LogP contribution in [0, 0.1) is 23.7 Å². The Morgan fingerprint density at radius 3 is 1.28 bits per heavy atom. The molecule has 2 fully saturated rings. The topological polar surface area (TPSA) is 63.0 Å². The molecule has 2 rings (SSSR count). The second kappa shape index (κ2) is 7.39. The minimum atomic E-state index is -0.750. The molecule has 0 spiro atoms. The SMILES string of the molecule is CC1CCC(C2CCC(C)CC2F)C(F)C1.O.O. The molecule has 0 aliphatic heterocycles. The lowest BCUT2D eigenvalue weighted by Gasteiger charge is -2.40. The maximum atomic E-state index is 14.0. The third kappa shape index (κ3) is 3.89. The zero-order valence-electron chi connectivity index (χ0n) is 11.5. The molecule has 2 aliphatic carbocycles. The van der Waals surface area contributed by atoms with Gasteiger partial charge in [-0.2, -0.15) is 0 Å². The van der Waals surface area contributed by atoms with Crippen LogP contribution in [0.5, 0.6) is 0 Å². The van der Waals surface area contributed by atoms with E-state index in [0.29, 0.717) is 24.7 Å². The van der Waals surface area contributed by atoms with Crippen molar-refractivity contribution >= 4 is 0 Å². The van der Waals surface area contributed by atoms with Crippen molar-refractivity contribution in [2.24, 2.45) is 23.7 Å². The van der Waals surface area contributed by atoms with E-state index in [1.807, 2.05) is 0 Å². The first-order valence-electron chi connectivity index (χ1n) is 6.86. The van der Waals surface area contributed by atoms with Crippen molar-refractivity contribution in [3.05, 3.63) is 0 Å². The van der Waals surface area contributed by atoms with Crippen molar-refractivity contribution in [3.8, 4) is 0 Å². The van der Waals surface area contributed by atoms with Crippen molar-refractivity contribution in [1.82, 2.24) is 0 Å². The van der Waals surface area contributed by atoms with Crippen molar-refractivity contribution in [3.63, 3.8) is 0 Å². The average Bonchev–Trinajstić information content (AvgIpc) is 2.19. The lowest BCUT2D eigenvalue weighted by Crippen LogP contribution is -2.38. The molecule has 0 saturated heterocycles. The van der Waals surface area contributed by atoms with Gasteiger partial charge in [0.15, 0.2) is 0 Å². The molecule has 6 unspecified atom stereocenters. The highest BCUT2D eigenvalue weighted by atomic mass is 19.1. The van der Waals surface area contributed by atoms with Crippen LogP contribution < -0.4 is 0 Å². The van der Waals surface area contributed by atoms with Crippen LogP contribution in [0.25, 0.3) is 0 Å². The summed E-state index contributed by atoms with van der Waals surface area (Å²) in [6.07, 6.45) is 3.80. The Morgan fingerprint density at radius 2 is 1.00 bits per heavy atom. The summed E-state index contributed by atoms with van der Waals surface area (Å²) in [6, 6.07) is 0. The number of rotatable bonds is 1. The van der Waals surface area contributed by atoms with Gasteiger partial charge < -0.3 is 11.0 Å². The normalized spacial score (nSPS) is 44.7. The molecule has 18 heavy (non-hydrogen) atoms. The molecular weight excluding hydrogens is 238 g/mol. The zero-order valence-corrected chi connectivity index (χ0v) is 11.5. The summed E-state index contributed by atoms with van der Waals surface area (Å²) in [5.41, 5.74) is 0. The Bertz CT molecular complexity index is 214. The van der Waals surface area contributed by atoms with E-state index < -0.39 is 12.3 Å². The zero-order chi connectivity index (χ0) is 11.7. The highest BCUT2D eigenvalue weighted by Crippen LogP contribution is 2.43. The van der Waals surface area contributed by atoms with Gasteiger partial charge in [-0.25, -0.2) is 8.78 Å². The van der Waals surface area contributed by atoms with Crippen LogP contribution >= 0.6 is 0 Å². The summed E-state index contributed by atoms with van der Waals surface area (Å²) in [6.45, 7) is 4.22. The first kappa shape index (κ1) is 17.8. The van der Waals surface area contributed by atoms with E-state index in [-0.39, 0.29) is 22.8 Å². The molecule has 0 aromatic rings. The summed E-state index contributed by atoms with van der Waals surface area (Å²) in [5, 5.41) is 0. The van der Waals surface area contributed by atoms with E-state index in [1.165, 1.54) is 0 Å². The van der Waals surface area contributed by atoms with E-state index in [1.54, 1.807) is 0 Å². The summed E-state index contributed by atoms with van der Waals surface area (Å²) < 4.78 is 28.0. The fourth-order valence-electron chi connectivity index (χ4n) is 3.63. The Morgan fingerprint density at radius 1 is 0.667 bits per heavy atom. The van der Waals surface area contributed by atoms with Gasteiger partial charge in [-0.15, -0.1) is 0 Å². The number of alkyl halides is 2. The molecule has 0 heterocycles. The van der Waals surface area contributed by atoms with Crippen LogP contribution in [0.15, 0.2) is 0 Å². The molecule has 2 aliphatic rings. The number of hydrogen-bond donors (Lipinski definition) is 0. The van der Waals surface area contributed by atoms with Crippen LogP contribution in [-0.2, 0) is 0 Å².